The number of rotatable bonds is 8. The van der Waals surface area contributed by atoms with Gasteiger partial charge in [-0.3, -0.25) is 15.5 Å². The van der Waals surface area contributed by atoms with E-state index in [-0.39, 0.29) is 18.8 Å². The second-order valence-corrected chi connectivity index (χ2v) is 7.21. The lowest BCUT2D eigenvalue weighted by Gasteiger charge is -2.13. The van der Waals surface area contributed by atoms with E-state index in [1.54, 1.807) is 4.57 Å². The summed E-state index contributed by atoms with van der Waals surface area (Å²) in [6.45, 7) is 0.749. The van der Waals surface area contributed by atoms with Crippen molar-refractivity contribution in [1.82, 2.24) is 9.13 Å². The van der Waals surface area contributed by atoms with Gasteiger partial charge in [0.05, 0.1) is 29.0 Å². The summed E-state index contributed by atoms with van der Waals surface area (Å²) in [5, 5.41) is 30.0. The van der Waals surface area contributed by atoms with Gasteiger partial charge in [0.25, 0.3) is 5.69 Å². The quantitative estimate of drug-likeness (QED) is 0.338. The molecule has 0 radical (unpaired) electrons. The summed E-state index contributed by atoms with van der Waals surface area (Å²) in [7, 11) is 0. The lowest BCUT2D eigenvalue weighted by atomic mass is 10.2. The summed E-state index contributed by atoms with van der Waals surface area (Å²) in [6, 6.07) is 23.4. The van der Waals surface area contributed by atoms with E-state index in [4.69, 9.17) is 10.1 Å². The number of nitro benzene ring substituents is 1. The molecule has 0 fully saturated rings. The van der Waals surface area contributed by atoms with Gasteiger partial charge < -0.3 is 19.0 Å². The molecule has 0 aliphatic carbocycles. The summed E-state index contributed by atoms with van der Waals surface area (Å²) >= 11 is 0. The maximum Gasteiger partial charge on any atom is 0.269 e. The van der Waals surface area contributed by atoms with Crippen LogP contribution in [0.1, 0.15) is 5.56 Å². The van der Waals surface area contributed by atoms with Gasteiger partial charge in [0.2, 0.25) is 5.62 Å². The van der Waals surface area contributed by atoms with Crippen molar-refractivity contribution in [2.75, 3.05) is 6.61 Å². The highest BCUT2D eigenvalue weighted by Gasteiger charge is 2.15. The fourth-order valence-corrected chi connectivity index (χ4v) is 3.53. The lowest BCUT2D eigenvalue weighted by Crippen LogP contribution is -2.31. The Balaban J connectivity index is 1.52. The highest BCUT2D eigenvalue weighted by atomic mass is 16.6. The van der Waals surface area contributed by atoms with Crippen molar-refractivity contribution in [2.24, 2.45) is 0 Å². The maximum atomic E-state index is 10.7. The Bertz CT molecular complexity index is 1250. The van der Waals surface area contributed by atoms with Crippen molar-refractivity contribution >= 4 is 16.7 Å². The fourth-order valence-electron chi connectivity index (χ4n) is 3.53. The number of ether oxygens (including phenoxy) is 1. The van der Waals surface area contributed by atoms with Gasteiger partial charge in [-0.2, -0.15) is 0 Å². The van der Waals surface area contributed by atoms with E-state index >= 15 is 0 Å². The Morgan fingerprint density at radius 1 is 0.935 bits per heavy atom. The largest absolute Gasteiger partial charge is 0.491 e. The molecule has 0 aliphatic heterocycles. The second kappa shape index (κ2) is 8.85. The molecule has 1 atom stereocenters. The van der Waals surface area contributed by atoms with Crippen LogP contribution in [0.25, 0.3) is 11.0 Å². The fraction of sp³-hybridized carbons (Fsp3) is 0.174. The van der Waals surface area contributed by atoms with Gasteiger partial charge in [-0.15, -0.1) is 0 Å². The average molecular weight is 418 g/mol. The van der Waals surface area contributed by atoms with Gasteiger partial charge in [0.1, 0.15) is 18.5 Å². The molecular formula is C23H22N4O4. The van der Waals surface area contributed by atoms with Crippen LogP contribution in [0.3, 0.4) is 0 Å². The summed E-state index contributed by atoms with van der Waals surface area (Å²) in [6.07, 6.45) is -0.861. The van der Waals surface area contributed by atoms with E-state index in [9.17, 15) is 15.2 Å². The van der Waals surface area contributed by atoms with Crippen LogP contribution in [0, 0.1) is 15.5 Å². The lowest BCUT2D eigenvalue weighted by molar-refractivity contribution is -0.384. The number of fused-ring (bicyclic) bond motifs is 1. The van der Waals surface area contributed by atoms with E-state index in [2.05, 4.69) is 0 Å². The topological polar surface area (TPSA) is 106 Å². The molecule has 0 bridgehead atoms. The minimum absolute atomic E-state index is 0.00242. The first-order chi connectivity index (χ1) is 15.0. The molecule has 0 saturated carbocycles. The molecule has 0 saturated heterocycles. The third-order valence-electron chi connectivity index (χ3n) is 5.04. The minimum atomic E-state index is -0.861. The first kappa shape index (κ1) is 20.4. The summed E-state index contributed by atoms with van der Waals surface area (Å²) in [5.74, 6) is 0.437. The molecule has 1 aromatic heterocycles. The van der Waals surface area contributed by atoms with Crippen molar-refractivity contribution < 1.29 is 14.8 Å². The molecule has 158 valence electrons. The highest BCUT2D eigenvalue weighted by Crippen LogP contribution is 2.18. The summed E-state index contributed by atoms with van der Waals surface area (Å²) < 4.78 is 9.25. The predicted molar refractivity (Wildman–Crippen MR) is 116 cm³/mol. The summed E-state index contributed by atoms with van der Waals surface area (Å²) in [5.41, 5.74) is 3.14. The number of nitro groups is 1. The zero-order valence-electron chi connectivity index (χ0n) is 16.7. The highest BCUT2D eigenvalue weighted by molar-refractivity contribution is 5.76. The van der Waals surface area contributed by atoms with Crippen LogP contribution in [0.5, 0.6) is 5.75 Å². The average Bonchev–Trinajstić information content (AvgIpc) is 3.04. The molecule has 3 aromatic carbocycles. The number of aliphatic hydroxyl groups is 1. The first-order valence-corrected chi connectivity index (χ1v) is 9.85. The van der Waals surface area contributed by atoms with E-state index in [0.717, 1.165) is 16.6 Å². The number of nitrogens with zero attached hydrogens (tertiary/aromatic N) is 3. The maximum absolute atomic E-state index is 10.7. The first-order valence-electron chi connectivity index (χ1n) is 9.85. The Labute approximate surface area is 178 Å². The van der Waals surface area contributed by atoms with Crippen LogP contribution in [-0.4, -0.2) is 31.9 Å². The van der Waals surface area contributed by atoms with Gasteiger partial charge in [-0.1, -0.05) is 42.5 Å². The zero-order chi connectivity index (χ0) is 21.8. The Morgan fingerprint density at radius 3 is 2.19 bits per heavy atom. The molecule has 4 rings (SSSR count). The van der Waals surface area contributed by atoms with Crippen LogP contribution in [0.15, 0.2) is 78.9 Å². The number of hydrogen-bond acceptors (Lipinski definition) is 5. The summed E-state index contributed by atoms with van der Waals surface area (Å²) in [4.78, 5) is 10.3. The number of hydrogen-bond donors (Lipinski definition) is 2. The number of non-ortho nitro benzene ring substituents is 1. The molecule has 4 aromatic rings. The van der Waals surface area contributed by atoms with Crippen LogP contribution in [-0.2, 0) is 13.1 Å². The molecule has 1 unspecified atom stereocenters. The number of aromatic nitrogens is 2. The smallest absolute Gasteiger partial charge is 0.269 e. The molecular weight excluding hydrogens is 396 g/mol. The molecule has 31 heavy (non-hydrogen) atoms. The third-order valence-corrected chi connectivity index (χ3v) is 5.04. The number of imidazole rings is 1. The van der Waals surface area contributed by atoms with Gasteiger partial charge in [0.15, 0.2) is 0 Å². The van der Waals surface area contributed by atoms with Crippen LogP contribution < -0.4 is 10.4 Å². The monoisotopic (exact) mass is 418 g/mol. The van der Waals surface area contributed by atoms with E-state index in [1.807, 2.05) is 59.2 Å². The molecule has 2 N–H and O–H groups in total. The Hall–Kier alpha value is -3.91. The minimum Gasteiger partial charge on any atom is -0.491 e. The molecule has 0 amide bonds. The van der Waals surface area contributed by atoms with Gasteiger partial charge >= 0.3 is 0 Å². The number of para-hydroxylation sites is 2. The number of nitrogens with one attached hydrogen (secondary N) is 1. The molecule has 1 heterocycles. The number of benzene rings is 3. The van der Waals surface area contributed by atoms with Crippen molar-refractivity contribution in [3.8, 4) is 5.75 Å². The van der Waals surface area contributed by atoms with E-state index in [0.29, 0.717) is 17.9 Å². The Morgan fingerprint density at radius 2 is 1.55 bits per heavy atom. The predicted octanol–water partition coefficient (Wildman–Crippen LogP) is 3.32. The second-order valence-electron chi connectivity index (χ2n) is 7.21. The normalized spacial score (nSPS) is 12.0. The molecule has 8 nitrogen and oxygen atoms in total. The van der Waals surface area contributed by atoms with E-state index < -0.39 is 11.0 Å². The van der Waals surface area contributed by atoms with Crippen molar-refractivity contribution in [3.05, 3.63) is 100 Å². The SMILES string of the molecule is N=c1n(Cc2ccccc2)c2ccccc2n1CC(O)COc1ccc([N+](=O)[O-])cc1. The molecule has 0 spiro atoms. The van der Waals surface area contributed by atoms with Crippen LogP contribution in [0.2, 0.25) is 0 Å². The third kappa shape index (κ3) is 4.49. The van der Waals surface area contributed by atoms with Crippen LogP contribution >= 0.6 is 0 Å². The molecule has 0 aliphatic rings. The van der Waals surface area contributed by atoms with Crippen molar-refractivity contribution in [3.63, 3.8) is 0 Å². The number of aliphatic hydroxyl groups excluding tert-OH is 1. The van der Waals surface area contributed by atoms with Gasteiger partial charge in [-0.25, -0.2) is 0 Å². The van der Waals surface area contributed by atoms with Crippen molar-refractivity contribution in [2.45, 2.75) is 19.2 Å². The zero-order valence-corrected chi connectivity index (χ0v) is 16.7. The van der Waals surface area contributed by atoms with E-state index in [1.165, 1.54) is 24.3 Å². The standard InChI is InChI=1S/C23H22N4O4/c24-23-25(14-17-6-2-1-3-7-17)21-8-4-5-9-22(21)26(23)15-19(28)16-31-20-12-10-18(11-13-20)27(29)30/h1-13,19,24,28H,14-16H2. The van der Waals surface area contributed by atoms with Gasteiger partial charge in [-0.05, 0) is 29.8 Å². The van der Waals surface area contributed by atoms with Crippen LogP contribution in [0.4, 0.5) is 5.69 Å². The van der Waals surface area contributed by atoms with Gasteiger partial charge in [0, 0.05) is 12.1 Å². The Kier molecular flexibility index (Phi) is 5.81. The van der Waals surface area contributed by atoms with Crippen molar-refractivity contribution in [1.29, 1.82) is 5.41 Å². The molecule has 8 heteroatoms.